The summed E-state index contributed by atoms with van der Waals surface area (Å²) in [7, 11) is 0. The molecule has 4 unspecified atom stereocenters. The lowest BCUT2D eigenvalue weighted by Gasteiger charge is -2.24. The van der Waals surface area contributed by atoms with Crippen molar-refractivity contribution >= 4 is 65.0 Å². The Labute approximate surface area is 393 Å². The Hall–Kier alpha value is -5.95. The minimum absolute atomic E-state index is 0.188. The standard InChI is InChI=1S/C30H47N11O12.2C4H11N.C4H10/c1-16(27(50)37-14-25(47)41-9-3-5-19(41)30(53)38-15-26(48)49)39-23(45)12-34-21(43)10-33-22(44)11-35-29(52)18(6-7-20(31)42)40-24(46)13-36-28(51)17-4-2-8-32-17;2*1-2-3-4-5;1-4(2)3/h16-19,32H,2-15H2,1H3,(H2,31,42)(H,33,44)(H,34,43)(H,35,52)(H,36,51)(H,37,50)(H,38,53)(H,39,45)(H,40,46)(H,48,49);2*2-5H2,1H3;4H,1-3H3. The first-order valence-corrected chi connectivity index (χ1v) is 22.8. The number of aliphatic carboxylic acids is 1. The highest BCUT2D eigenvalue weighted by atomic mass is 16.4. The second kappa shape index (κ2) is 38.2. The maximum atomic E-state index is 12.6. The minimum Gasteiger partial charge on any atom is -0.480 e. The molecule has 16 N–H and O–H groups in total. The molecule has 0 bridgehead atoms. The van der Waals surface area contributed by atoms with Gasteiger partial charge < -0.3 is 75.1 Å². The molecule has 0 radical (unpaired) electrons. The molecule has 2 aliphatic heterocycles. The van der Waals surface area contributed by atoms with Gasteiger partial charge in [-0.05, 0) is 77.4 Å². The molecule has 4 atom stereocenters. The Bertz CT molecular complexity index is 1570. The number of carboxylic acids is 1. The van der Waals surface area contributed by atoms with Gasteiger partial charge in [0.05, 0.1) is 38.8 Å². The third-order valence-corrected chi connectivity index (χ3v) is 9.04. The molecule has 384 valence electrons. The van der Waals surface area contributed by atoms with E-state index >= 15 is 0 Å². The van der Waals surface area contributed by atoms with Crippen LogP contribution in [0, 0.1) is 5.92 Å². The van der Waals surface area contributed by atoms with Crippen molar-refractivity contribution in [3.8, 4) is 0 Å². The van der Waals surface area contributed by atoms with Gasteiger partial charge in [0.15, 0.2) is 0 Å². The molecule has 0 aliphatic carbocycles. The second-order valence-corrected chi connectivity index (χ2v) is 16.1. The van der Waals surface area contributed by atoms with E-state index in [0.29, 0.717) is 25.8 Å². The largest absolute Gasteiger partial charge is 0.480 e. The highest BCUT2D eigenvalue weighted by Gasteiger charge is 2.34. The van der Waals surface area contributed by atoms with Gasteiger partial charge in [-0.3, -0.25) is 52.7 Å². The minimum atomic E-state index is -1.27. The lowest BCUT2D eigenvalue weighted by molar-refractivity contribution is -0.141. The van der Waals surface area contributed by atoms with E-state index in [4.69, 9.17) is 22.3 Å². The van der Waals surface area contributed by atoms with Crippen LogP contribution in [0.15, 0.2) is 0 Å². The average Bonchev–Trinajstić information content (AvgIpc) is 4.00. The van der Waals surface area contributed by atoms with E-state index < -0.39 is 123 Å². The van der Waals surface area contributed by atoms with E-state index in [1.54, 1.807) is 0 Å². The van der Waals surface area contributed by atoms with Gasteiger partial charge in [-0.1, -0.05) is 47.5 Å². The van der Waals surface area contributed by atoms with Crippen molar-refractivity contribution in [3.63, 3.8) is 0 Å². The van der Waals surface area contributed by atoms with Crippen LogP contribution in [0.4, 0.5) is 0 Å². The number of amides is 10. The van der Waals surface area contributed by atoms with Gasteiger partial charge in [-0.25, -0.2) is 0 Å². The molecule has 2 aliphatic rings. The highest BCUT2D eigenvalue weighted by Crippen LogP contribution is 2.17. The molecular weight excluding hydrogens is 879 g/mol. The lowest BCUT2D eigenvalue weighted by Crippen LogP contribution is -2.53. The zero-order valence-corrected chi connectivity index (χ0v) is 40.1. The number of nitrogens with zero attached hydrogens (tertiary/aromatic N) is 1. The van der Waals surface area contributed by atoms with Gasteiger partial charge in [0.1, 0.15) is 24.7 Å². The predicted octanol–water partition coefficient (Wildman–Crippen LogP) is -4.08. The molecular formula is C42H79N13O12. The van der Waals surface area contributed by atoms with Crippen LogP contribution in [0.2, 0.25) is 0 Å². The number of nitrogens with two attached hydrogens (primary N) is 3. The molecule has 2 heterocycles. The molecule has 0 saturated carbocycles. The number of unbranched alkanes of at least 4 members (excludes halogenated alkanes) is 2. The number of likely N-dealkylation sites (tertiary alicyclic amines) is 1. The maximum absolute atomic E-state index is 12.6. The first kappa shape index (κ1) is 63.1. The van der Waals surface area contributed by atoms with E-state index in [2.05, 4.69) is 82.5 Å². The molecule has 2 saturated heterocycles. The topological polar surface area (TPSA) is 398 Å². The van der Waals surface area contributed by atoms with Crippen LogP contribution in [0.1, 0.15) is 106 Å². The number of hydrogen-bond acceptors (Lipinski definition) is 14. The average molecular weight is 958 g/mol. The summed E-state index contributed by atoms with van der Waals surface area (Å²) >= 11 is 0. The zero-order chi connectivity index (χ0) is 51.3. The second-order valence-electron chi connectivity index (χ2n) is 16.1. The van der Waals surface area contributed by atoms with Gasteiger partial charge in [-0.2, -0.15) is 0 Å². The molecule has 10 amide bonds. The molecule has 25 heteroatoms. The van der Waals surface area contributed by atoms with Gasteiger partial charge in [0.2, 0.25) is 59.1 Å². The quantitative estimate of drug-likeness (QED) is 0.0414. The Morgan fingerprint density at radius 3 is 1.64 bits per heavy atom. The highest BCUT2D eigenvalue weighted by molar-refractivity contribution is 5.95. The molecule has 0 aromatic heterocycles. The third kappa shape index (κ3) is 33.2. The first-order chi connectivity index (χ1) is 31.6. The van der Waals surface area contributed by atoms with Crippen molar-refractivity contribution in [1.82, 2.24) is 52.8 Å². The van der Waals surface area contributed by atoms with Crippen LogP contribution >= 0.6 is 0 Å². The number of rotatable bonds is 25. The van der Waals surface area contributed by atoms with Crippen molar-refractivity contribution in [2.24, 2.45) is 23.1 Å². The van der Waals surface area contributed by atoms with Crippen LogP contribution in [-0.4, -0.2) is 165 Å². The molecule has 25 nitrogen and oxygen atoms in total. The third-order valence-electron chi connectivity index (χ3n) is 9.04. The van der Waals surface area contributed by atoms with Crippen molar-refractivity contribution in [3.05, 3.63) is 0 Å². The van der Waals surface area contributed by atoms with Crippen LogP contribution in [0.25, 0.3) is 0 Å². The summed E-state index contributed by atoms with van der Waals surface area (Å²) in [5.41, 5.74) is 15.4. The Morgan fingerprint density at radius 2 is 1.15 bits per heavy atom. The van der Waals surface area contributed by atoms with Crippen molar-refractivity contribution in [2.75, 3.05) is 65.4 Å². The molecule has 0 aromatic carbocycles. The monoisotopic (exact) mass is 958 g/mol. The SMILES string of the molecule is CC(C)C.CC(NC(=O)CNC(=O)CNC(=O)CNC(=O)C(CCC(N)=O)NC(=O)CNC(=O)C1CCCN1)C(=O)NCC(=O)N1CCCC1C(=O)NCC(=O)O.CCCCN.CCCCN. The fraction of sp³-hybridized carbons (Fsp3) is 0.738. The number of hydrogen-bond donors (Lipinski definition) is 13. The van der Waals surface area contributed by atoms with E-state index in [9.17, 15) is 52.7 Å². The van der Waals surface area contributed by atoms with E-state index in [-0.39, 0.29) is 25.3 Å². The number of nitrogens with one attached hydrogen (secondary N) is 9. The summed E-state index contributed by atoms with van der Waals surface area (Å²) in [6, 6.07) is -3.69. The summed E-state index contributed by atoms with van der Waals surface area (Å²) in [6.45, 7) is 11.4. The molecule has 2 rings (SSSR count). The van der Waals surface area contributed by atoms with E-state index in [0.717, 1.165) is 25.4 Å². The van der Waals surface area contributed by atoms with Gasteiger partial charge in [0, 0.05) is 13.0 Å². The molecule has 0 aromatic rings. The fourth-order valence-electron chi connectivity index (χ4n) is 5.58. The summed E-state index contributed by atoms with van der Waals surface area (Å²) < 4.78 is 0. The zero-order valence-electron chi connectivity index (χ0n) is 40.1. The number of carboxylic acid groups (broad SMARTS) is 1. The van der Waals surface area contributed by atoms with E-state index in [1.807, 2.05) is 0 Å². The summed E-state index contributed by atoms with van der Waals surface area (Å²) in [4.78, 5) is 134. The van der Waals surface area contributed by atoms with Gasteiger partial charge >= 0.3 is 5.97 Å². The maximum Gasteiger partial charge on any atom is 0.322 e. The van der Waals surface area contributed by atoms with Gasteiger partial charge in [-0.15, -0.1) is 0 Å². The Balaban J connectivity index is 0. The predicted molar refractivity (Wildman–Crippen MR) is 248 cm³/mol. The molecule has 0 spiro atoms. The Kier molecular flexibility index (Phi) is 36.0. The van der Waals surface area contributed by atoms with Crippen LogP contribution in [0.3, 0.4) is 0 Å². The summed E-state index contributed by atoms with van der Waals surface area (Å²) in [5, 5.41) is 30.1. The van der Waals surface area contributed by atoms with Gasteiger partial charge in [0.25, 0.3) is 0 Å². The van der Waals surface area contributed by atoms with Crippen LogP contribution in [0.5, 0.6) is 0 Å². The summed E-state index contributed by atoms with van der Waals surface area (Å²) in [6.07, 6.45) is 6.59. The summed E-state index contributed by atoms with van der Waals surface area (Å²) in [5.74, 6) is -7.39. The Morgan fingerprint density at radius 1 is 0.642 bits per heavy atom. The van der Waals surface area contributed by atoms with E-state index in [1.165, 1.54) is 37.5 Å². The van der Waals surface area contributed by atoms with Crippen molar-refractivity contribution < 1.29 is 57.8 Å². The molecule has 67 heavy (non-hydrogen) atoms. The lowest BCUT2D eigenvalue weighted by atomic mass is 10.1. The molecule has 2 fully saturated rings. The normalized spacial score (nSPS) is 15.4. The number of primary amides is 1. The smallest absolute Gasteiger partial charge is 0.322 e. The fourth-order valence-corrected chi connectivity index (χ4v) is 5.58. The van der Waals surface area contributed by atoms with Crippen LogP contribution < -0.4 is 65.1 Å². The number of carbonyl (C=O) groups is 11. The van der Waals surface area contributed by atoms with Crippen molar-refractivity contribution in [1.29, 1.82) is 0 Å². The number of carbonyl (C=O) groups excluding carboxylic acids is 10. The van der Waals surface area contributed by atoms with Crippen LogP contribution in [-0.2, 0) is 52.7 Å². The first-order valence-electron chi connectivity index (χ1n) is 22.8. The van der Waals surface area contributed by atoms with Crippen molar-refractivity contribution in [2.45, 2.75) is 130 Å².